The molecule has 0 spiro atoms. The molecule has 1 fully saturated rings. The Morgan fingerprint density at radius 2 is 2.04 bits per heavy atom. The van der Waals surface area contributed by atoms with Crippen molar-refractivity contribution in [3.8, 4) is 0 Å². The van der Waals surface area contributed by atoms with Gasteiger partial charge in [0.05, 0.1) is 25.9 Å². The van der Waals surface area contributed by atoms with Crippen LogP contribution < -0.4 is 10.6 Å². The van der Waals surface area contributed by atoms with E-state index in [4.69, 9.17) is 8.22 Å². The van der Waals surface area contributed by atoms with E-state index in [0.29, 0.717) is 5.69 Å². The molecule has 0 unspecified atom stereocenters. The maximum absolute atomic E-state index is 12.8. The maximum Gasteiger partial charge on any atom is 0.268 e. The van der Waals surface area contributed by atoms with Crippen LogP contribution in [0.5, 0.6) is 0 Å². The average molecular weight is 342 g/mol. The highest BCUT2D eigenvalue weighted by atomic mass is 16.2. The Kier molecular flexibility index (Phi) is 2.73. The number of carbonyl (C=O) groups is 2. The zero-order chi connectivity index (χ0) is 23.2. The number of allylic oxidation sites excluding steroid dienone is 1. The molecular weight excluding hydrogens is 316 g/mol. The maximum atomic E-state index is 12.8. The molecule has 6 nitrogen and oxygen atoms in total. The number of nitrogens with one attached hydrogen (secondary N) is 3. The molecule has 1 aliphatic heterocycles. The topological polar surface area (TPSA) is 86.9 Å². The van der Waals surface area contributed by atoms with Gasteiger partial charge in [0.15, 0.2) is 0 Å². The third-order valence-corrected chi connectivity index (χ3v) is 3.83. The van der Waals surface area contributed by atoms with Gasteiger partial charge < -0.3 is 15.6 Å². The van der Waals surface area contributed by atoms with E-state index in [2.05, 4.69) is 27.2 Å². The molecule has 2 aromatic rings. The van der Waals surface area contributed by atoms with Gasteiger partial charge in [-0.05, 0) is 11.6 Å². The van der Waals surface area contributed by atoms with E-state index in [9.17, 15) is 9.59 Å². The zero-order valence-corrected chi connectivity index (χ0v) is 13.7. The van der Waals surface area contributed by atoms with Gasteiger partial charge in [0, 0.05) is 5.41 Å². The smallest absolute Gasteiger partial charge is 0.268 e. The summed E-state index contributed by atoms with van der Waals surface area (Å²) in [5, 5.41) is 4.69. The summed E-state index contributed by atoms with van der Waals surface area (Å²) in [6.07, 6.45) is 3.00. The lowest BCUT2D eigenvalue weighted by Gasteiger charge is -2.25. The first-order chi connectivity index (χ1) is 14.4. The summed E-state index contributed by atoms with van der Waals surface area (Å²) in [4.78, 5) is 32.5. The number of amides is 2. The molecular formula is C19H20N4O2. The minimum Gasteiger partial charge on any atom is -0.345 e. The lowest BCUT2D eigenvalue weighted by atomic mass is 9.88. The Morgan fingerprint density at radius 1 is 1.32 bits per heavy atom. The van der Waals surface area contributed by atoms with Crippen LogP contribution in [0.1, 0.15) is 45.1 Å². The van der Waals surface area contributed by atoms with Crippen LogP contribution in [0.4, 0.5) is 0 Å². The molecule has 2 amide bonds. The van der Waals surface area contributed by atoms with Crippen LogP contribution in [0.15, 0.2) is 54.9 Å². The first-order valence-electron chi connectivity index (χ1n) is 10.5. The van der Waals surface area contributed by atoms with Crippen molar-refractivity contribution in [1.82, 2.24) is 20.6 Å². The third kappa shape index (κ3) is 3.24. The van der Waals surface area contributed by atoms with Gasteiger partial charge in [-0.1, -0.05) is 50.1 Å². The monoisotopic (exact) mass is 342 g/mol. The number of carbonyl (C=O) groups excluding carboxylic acids is 2. The lowest BCUT2D eigenvalue weighted by Crippen LogP contribution is -2.49. The molecule has 3 rings (SSSR count). The summed E-state index contributed by atoms with van der Waals surface area (Å²) in [5.41, 5.74) is -0.643. The molecule has 1 atom stereocenters. The van der Waals surface area contributed by atoms with Crippen molar-refractivity contribution in [2.24, 2.45) is 0 Å². The number of aromatic nitrogens is 2. The molecule has 6 heteroatoms. The Hall–Kier alpha value is -3.15. The number of imidazole rings is 1. The molecule has 1 aromatic heterocycles. The minimum absolute atomic E-state index is 0.219. The largest absolute Gasteiger partial charge is 0.345 e. The quantitative estimate of drug-likeness (QED) is 0.588. The van der Waals surface area contributed by atoms with Gasteiger partial charge in [-0.25, -0.2) is 4.98 Å². The van der Waals surface area contributed by atoms with Crippen LogP contribution in [0.2, 0.25) is 0 Å². The van der Waals surface area contributed by atoms with Gasteiger partial charge in [0.1, 0.15) is 11.7 Å². The summed E-state index contributed by atoms with van der Waals surface area (Å²) < 4.78 is 47.7. The Bertz CT molecular complexity index is 1130. The van der Waals surface area contributed by atoms with Gasteiger partial charge in [-0.3, -0.25) is 9.59 Å². The van der Waals surface area contributed by atoms with Gasteiger partial charge in [0.2, 0.25) is 0 Å². The lowest BCUT2D eigenvalue weighted by molar-refractivity contribution is -0.131. The van der Waals surface area contributed by atoms with E-state index in [0.717, 1.165) is 0 Å². The standard InChI is InChI=1S/C19H20N4O2/c1-4-19(2,3)16-13(20-11-21-16)10-14-17(24)23-15(18(25)22-14)12-8-6-5-7-9-12/h4-11,15H,1H2,2-3H3,(H,20,21)(H,22,25)(H,23,24)/t15-/m1/s1/i5D,6D,7D,8D,9D,10D. The number of hydrogen-bond donors (Lipinski definition) is 3. The highest BCUT2D eigenvalue weighted by molar-refractivity contribution is 6.07. The van der Waals surface area contributed by atoms with Gasteiger partial charge >= 0.3 is 0 Å². The molecule has 25 heavy (non-hydrogen) atoms. The summed E-state index contributed by atoms with van der Waals surface area (Å²) in [6.45, 7) is 7.40. The predicted molar refractivity (Wildman–Crippen MR) is 95.3 cm³/mol. The molecule has 0 saturated carbocycles. The van der Waals surface area contributed by atoms with Crippen molar-refractivity contribution in [2.75, 3.05) is 0 Å². The SMILES string of the molecule is [2H]C(=C1NC(=O)[C@@H](c2c([2H])c([2H])c([2H])c([2H])c2[2H])NC1=O)c1[nH]cnc1C(C)(C)C=C. The second-order valence-electron chi connectivity index (χ2n) is 5.99. The van der Waals surface area contributed by atoms with Crippen LogP contribution in [-0.4, -0.2) is 21.8 Å². The summed E-state index contributed by atoms with van der Waals surface area (Å²) in [5.74, 6) is -1.67. The summed E-state index contributed by atoms with van der Waals surface area (Å²) in [6, 6.07) is -4.84. The van der Waals surface area contributed by atoms with Crippen LogP contribution in [0, 0.1) is 0 Å². The zero-order valence-electron chi connectivity index (χ0n) is 19.7. The van der Waals surface area contributed by atoms with Crippen LogP contribution in [-0.2, 0) is 15.0 Å². The van der Waals surface area contributed by atoms with Gasteiger partial charge in [-0.15, -0.1) is 6.58 Å². The Labute approximate surface area is 154 Å². The minimum atomic E-state index is -1.51. The number of aromatic amines is 1. The molecule has 1 aliphatic rings. The fraction of sp³-hybridized carbons (Fsp3) is 0.211. The van der Waals surface area contributed by atoms with E-state index in [1.54, 1.807) is 6.08 Å². The highest BCUT2D eigenvalue weighted by Crippen LogP contribution is 2.26. The highest BCUT2D eigenvalue weighted by Gasteiger charge is 2.31. The molecule has 1 saturated heterocycles. The molecule has 2 heterocycles. The molecule has 0 radical (unpaired) electrons. The van der Waals surface area contributed by atoms with Gasteiger partial charge in [-0.2, -0.15) is 0 Å². The van der Waals surface area contributed by atoms with Crippen LogP contribution >= 0.6 is 0 Å². The van der Waals surface area contributed by atoms with E-state index in [-0.39, 0.29) is 23.0 Å². The van der Waals surface area contributed by atoms with Crippen molar-refractivity contribution in [3.05, 3.63) is 71.8 Å². The normalized spacial score (nSPS) is 23.2. The number of piperazine rings is 1. The van der Waals surface area contributed by atoms with Crippen molar-refractivity contribution >= 4 is 17.9 Å². The number of hydrogen-bond acceptors (Lipinski definition) is 3. The Balaban J connectivity index is 2.05. The number of benzene rings is 1. The van der Waals surface area contributed by atoms with Crippen molar-refractivity contribution in [1.29, 1.82) is 0 Å². The van der Waals surface area contributed by atoms with E-state index in [1.807, 2.05) is 13.8 Å². The van der Waals surface area contributed by atoms with Crippen molar-refractivity contribution < 1.29 is 17.8 Å². The number of rotatable bonds is 4. The Morgan fingerprint density at radius 3 is 2.72 bits per heavy atom. The predicted octanol–water partition coefficient (Wildman–Crippen LogP) is 2.20. The molecule has 3 N–H and O–H groups in total. The fourth-order valence-electron chi connectivity index (χ4n) is 2.32. The van der Waals surface area contributed by atoms with E-state index < -0.39 is 53.5 Å². The van der Waals surface area contributed by atoms with Crippen molar-refractivity contribution in [2.45, 2.75) is 25.3 Å². The second-order valence-corrected chi connectivity index (χ2v) is 5.99. The number of H-pyrrole nitrogens is 1. The fourth-order valence-corrected chi connectivity index (χ4v) is 2.32. The van der Waals surface area contributed by atoms with Crippen LogP contribution in [0.3, 0.4) is 0 Å². The molecule has 1 aromatic carbocycles. The second kappa shape index (κ2) is 6.39. The molecule has 0 bridgehead atoms. The molecule has 128 valence electrons. The third-order valence-electron chi connectivity index (χ3n) is 3.83. The van der Waals surface area contributed by atoms with Crippen molar-refractivity contribution in [3.63, 3.8) is 0 Å². The van der Waals surface area contributed by atoms with Gasteiger partial charge in [0.25, 0.3) is 11.8 Å². The average Bonchev–Trinajstić information content (AvgIpc) is 3.23. The van der Waals surface area contributed by atoms with E-state index >= 15 is 0 Å². The van der Waals surface area contributed by atoms with E-state index in [1.165, 1.54) is 6.33 Å². The summed E-state index contributed by atoms with van der Waals surface area (Å²) >= 11 is 0. The number of nitrogens with zero attached hydrogens (tertiary/aromatic N) is 1. The first kappa shape index (κ1) is 10.7. The molecule has 0 aliphatic carbocycles. The first-order valence-corrected chi connectivity index (χ1v) is 7.49. The summed E-state index contributed by atoms with van der Waals surface area (Å²) in [7, 11) is 0. The van der Waals surface area contributed by atoms with Crippen LogP contribution in [0.25, 0.3) is 6.05 Å².